The number of aromatic nitrogens is 2. The van der Waals surface area contributed by atoms with Crippen LogP contribution in [0.1, 0.15) is 24.7 Å². The molecular weight excluding hydrogens is 291 g/mol. The van der Waals surface area contributed by atoms with Crippen molar-refractivity contribution in [3.8, 4) is 0 Å². The summed E-state index contributed by atoms with van der Waals surface area (Å²) in [4.78, 5) is 8.75. The number of nitrogens with one attached hydrogen (secondary N) is 2. The molecule has 0 saturated carbocycles. The van der Waals surface area contributed by atoms with Gasteiger partial charge < -0.3 is 10.6 Å². The molecule has 0 unspecified atom stereocenters. The molecule has 0 spiro atoms. The molecule has 0 fully saturated rings. The first-order valence-corrected chi connectivity index (χ1v) is 7.20. The lowest BCUT2D eigenvalue weighted by Crippen LogP contribution is -2.09. The average molecular weight is 309 g/mol. The van der Waals surface area contributed by atoms with E-state index in [1.807, 2.05) is 13.8 Å². The summed E-state index contributed by atoms with van der Waals surface area (Å²) in [6.07, 6.45) is 1.00. The molecule has 1 aromatic carbocycles. The van der Waals surface area contributed by atoms with Gasteiger partial charge in [-0.25, -0.2) is 14.4 Å². The van der Waals surface area contributed by atoms with E-state index >= 15 is 0 Å². The number of nitrogens with zero attached hydrogens (tertiary/aromatic N) is 2. The lowest BCUT2D eigenvalue weighted by Gasteiger charge is -2.14. The molecule has 0 saturated heterocycles. The van der Waals surface area contributed by atoms with Gasteiger partial charge in [0.25, 0.3) is 0 Å². The quantitative estimate of drug-likeness (QED) is 0.856. The Morgan fingerprint density at radius 3 is 2.62 bits per heavy atom. The zero-order chi connectivity index (χ0) is 15.4. The maximum atomic E-state index is 13.3. The Morgan fingerprint density at radius 2 is 1.90 bits per heavy atom. The van der Waals surface area contributed by atoms with Crippen LogP contribution >= 0.6 is 11.6 Å². The van der Waals surface area contributed by atoms with E-state index in [0.717, 1.165) is 24.3 Å². The van der Waals surface area contributed by atoms with Crippen molar-refractivity contribution in [2.75, 3.05) is 17.2 Å². The largest absolute Gasteiger partial charge is 0.370 e. The first-order valence-electron chi connectivity index (χ1n) is 6.82. The molecular formula is C15H18ClFN4. The van der Waals surface area contributed by atoms with Crippen LogP contribution in [0.4, 0.5) is 21.7 Å². The van der Waals surface area contributed by atoms with E-state index in [9.17, 15) is 4.39 Å². The molecule has 1 aromatic heterocycles. The van der Waals surface area contributed by atoms with Gasteiger partial charge in [-0.05, 0) is 38.5 Å². The van der Waals surface area contributed by atoms with Crippen LogP contribution in [0.25, 0.3) is 0 Å². The number of halogens is 2. The molecule has 0 aliphatic heterocycles. The Hall–Kier alpha value is -1.88. The number of rotatable bonds is 5. The van der Waals surface area contributed by atoms with E-state index in [1.165, 1.54) is 18.2 Å². The van der Waals surface area contributed by atoms with Gasteiger partial charge in [0.2, 0.25) is 0 Å². The number of anilines is 3. The van der Waals surface area contributed by atoms with Gasteiger partial charge >= 0.3 is 0 Å². The fourth-order valence-corrected chi connectivity index (χ4v) is 2.05. The Labute approximate surface area is 128 Å². The number of aryl methyl sites for hydroxylation is 1. The minimum absolute atomic E-state index is 0.352. The highest BCUT2D eigenvalue weighted by Crippen LogP contribution is 2.28. The topological polar surface area (TPSA) is 49.8 Å². The number of benzene rings is 1. The van der Waals surface area contributed by atoms with Gasteiger partial charge in [0.15, 0.2) is 0 Å². The van der Waals surface area contributed by atoms with Gasteiger partial charge in [0.1, 0.15) is 23.3 Å². The number of hydrogen-bond donors (Lipinski definition) is 2. The fourth-order valence-electron chi connectivity index (χ4n) is 1.89. The highest BCUT2D eigenvalue weighted by Gasteiger charge is 2.11. The summed E-state index contributed by atoms with van der Waals surface area (Å²) >= 11 is 6.07. The molecule has 0 aliphatic carbocycles. The van der Waals surface area contributed by atoms with E-state index in [0.29, 0.717) is 22.4 Å². The smallest absolute Gasteiger partial charge is 0.139 e. The van der Waals surface area contributed by atoms with Gasteiger partial charge in [-0.1, -0.05) is 18.5 Å². The Balaban J connectivity index is 2.35. The minimum Gasteiger partial charge on any atom is -0.370 e. The summed E-state index contributed by atoms with van der Waals surface area (Å²) in [6, 6.07) is 4.18. The molecule has 0 aliphatic rings. The summed E-state index contributed by atoms with van der Waals surface area (Å²) in [5.74, 6) is 1.68. The molecule has 2 rings (SSSR count). The monoisotopic (exact) mass is 308 g/mol. The van der Waals surface area contributed by atoms with Crippen LogP contribution in [0, 0.1) is 19.7 Å². The van der Waals surface area contributed by atoms with Gasteiger partial charge in [-0.15, -0.1) is 0 Å². The van der Waals surface area contributed by atoms with Crippen molar-refractivity contribution in [3.05, 3.63) is 40.4 Å². The second kappa shape index (κ2) is 6.72. The average Bonchev–Trinajstić information content (AvgIpc) is 2.44. The van der Waals surface area contributed by atoms with Crippen molar-refractivity contribution in [1.82, 2.24) is 9.97 Å². The Bertz CT molecular complexity index is 646. The Morgan fingerprint density at radius 1 is 1.19 bits per heavy atom. The standard InChI is InChI=1S/C15H18ClFN4/c1-4-7-18-14-9(2)15(20-10(3)19-14)21-13-8-11(17)5-6-12(13)16/h5-6,8H,4,7H2,1-3H3,(H2,18,19,20,21). The SMILES string of the molecule is CCCNc1nc(C)nc(Nc2cc(F)ccc2Cl)c1C. The highest BCUT2D eigenvalue weighted by atomic mass is 35.5. The predicted molar refractivity (Wildman–Crippen MR) is 85.0 cm³/mol. The lowest BCUT2D eigenvalue weighted by molar-refractivity contribution is 0.628. The van der Waals surface area contributed by atoms with Crippen molar-refractivity contribution in [3.63, 3.8) is 0 Å². The normalized spacial score (nSPS) is 10.5. The van der Waals surface area contributed by atoms with Crippen LogP contribution in [-0.2, 0) is 0 Å². The van der Waals surface area contributed by atoms with Crippen LogP contribution in [0.5, 0.6) is 0 Å². The van der Waals surface area contributed by atoms with Crippen molar-refractivity contribution in [2.45, 2.75) is 27.2 Å². The molecule has 0 radical (unpaired) electrons. The van der Waals surface area contributed by atoms with E-state index in [4.69, 9.17) is 11.6 Å². The molecule has 2 aromatic rings. The summed E-state index contributed by atoms with van der Waals surface area (Å²) in [6.45, 7) is 6.64. The maximum Gasteiger partial charge on any atom is 0.139 e. The van der Waals surface area contributed by atoms with Crippen LogP contribution in [-0.4, -0.2) is 16.5 Å². The summed E-state index contributed by atoms with van der Waals surface area (Å²) in [7, 11) is 0. The molecule has 0 amide bonds. The van der Waals surface area contributed by atoms with E-state index < -0.39 is 0 Å². The third-order valence-corrected chi connectivity index (χ3v) is 3.31. The van der Waals surface area contributed by atoms with Crippen molar-refractivity contribution in [2.24, 2.45) is 0 Å². The summed E-state index contributed by atoms with van der Waals surface area (Å²) in [5, 5.41) is 6.77. The molecule has 0 bridgehead atoms. The van der Waals surface area contributed by atoms with Gasteiger partial charge in [0, 0.05) is 12.1 Å². The molecule has 112 valence electrons. The Kier molecular flexibility index (Phi) is 4.96. The molecule has 6 heteroatoms. The van der Waals surface area contributed by atoms with Crippen LogP contribution in [0.2, 0.25) is 5.02 Å². The third-order valence-electron chi connectivity index (χ3n) is 2.98. The maximum absolute atomic E-state index is 13.3. The van der Waals surface area contributed by atoms with E-state index in [2.05, 4.69) is 27.5 Å². The van der Waals surface area contributed by atoms with Crippen LogP contribution in [0.15, 0.2) is 18.2 Å². The van der Waals surface area contributed by atoms with Crippen molar-refractivity contribution < 1.29 is 4.39 Å². The van der Waals surface area contributed by atoms with Crippen LogP contribution in [0.3, 0.4) is 0 Å². The molecule has 2 N–H and O–H groups in total. The van der Waals surface area contributed by atoms with E-state index in [-0.39, 0.29) is 5.82 Å². The molecule has 1 heterocycles. The van der Waals surface area contributed by atoms with E-state index in [1.54, 1.807) is 0 Å². The fraction of sp³-hybridized carbons (Fsp3) is 0.333. The highest BCUT2D eigenvalue weighted by molar-refractivity contribution is 6.33. The minimum atomic E-state index is -0.352. The second-order valence-corrected chi connectivity index (χ2v) is 5.18. The third kappa shape index (κ3) is 3.82. The summed E-state index contributed by atoms with van der Waals surface area (Å²) < 4.78 is 13.3. The predicted octanol–water partition coefficient (Wildman–Crippen LogP) is 4.45. The zero-order valence-electron chi connectivity index (χ0n) is 12.3. The molecule has 4 nitrogen and oxygen atoms in total. The molecule has 21 heavy (non-hydrogen) atoms. The summed E-state index contributed by atoms with van der Waals surface area (Å²) in [5.41, 5.74) is 1.36. The lowest BCUT2D eigenvalue weighted by atomic mass is 10.2. The van der Waals surface area contributed by atoms with Gasteiger partial charge in [0.05, 0.1) is 10.7 Å². The van der Waals surface area contributed by atoms with Gasteiger partial charge in [-0.3, -0.25) is 0 Å². The molecule has 0 atom stereocenters. The first-order chi connectivity index (χ1) is 10.0. The number of hydrogen-bond acceptors (Lipinski definition) is 4. The van der Waals surface area contributed by atoms with Crippen LogP contribution < -0.4 is 10.6 Å². The zero-order valence-corrected chi connectivity index (χ0v) is 13.1. The van der Waals surface area contributed by atoms with Crippen molar-refractivity contribution in [1.29, 1.82) is 0 Å². The van der Waals surface area contributed by atoms with Gasteiger partial charge in [-0.2, -0.15) is 0 Å². The first kappa shape index (κ1) is 15.5. The second-order valence-electron chi connectivity index (χ2n) is 4.77. The van der Waals surface area contributed by atoms with Crippen molar-refractivity contribution >= 4 is 28.9 Å².